The number of ether oxygens (including phenoxy) is 1. The van der Waals surface area contributed by atoms with Crippen molar-refractivity contribution in [3.05, 3.63) is 40.4 Å². The summed E-state index contributed by atoms with van der Waals surface area (Å²) in [5, 5.41) is 10.4. The van der Waals surface area contributed by atoms with Gasteiger partial charge in [-0.1, -0.05) is 69.3 Å². The zero-order valence-corrected chi connectivity index (χ0v) is 33.8. The topological polar surface area (TPSA) is 193 Å². The number of likely N-dealkylation sites (tertiary alicyclic amines) is 1. The summed E-state index contributed by atoms with van der Waals surface area (Å²) in [5.41, 5.74) is -1.45. The summed E-state index contributed by atoms with van der Waals surface area (Å²) in [6, 6.07) is 4.25. The van der Waals surface area contributed by atoms with Crippen LogP contribution < -0.4 is 20.7 Å². The Bertz CT molecular complexity index is 1840. The largest absolute Gasteiger partial charge is 0.444 e. The van der Waals surface area contributed by atoms with Gasteiger partial charge in [-0.05, 0) is 71.3 Å². The standard InChI is InChI=1S/C37H51ClN6O8S2/c1-22(2)11-7-6-8-14-27(41-35(49)52-36(3,4)5)33(47)44-20-23(39-30(45)28-21-53-32(40-28)25-12-9-10-13-26(25)38)19-29(44)31(46)42-37(17-18-37)34(48)43-54(50,51)24-15-16-24/h9-10,12-13,21-24,27,29H,6-8,11,14-20H2,1-5H3,(H,39,45)(H,41,49)(H,42,46)(H,43,48)/t23-,27+,29+/m1/s1. The fourth-order valence-electron chi connectivity index (χ4n) is 6.36. The molecule has 14 nitrogen and oxygen atoms in total. The van der Waals surface area contributed by atoms with E-state index < -0.39 is 74.3 Å². The van der Waals surface area contributed by atoms with Gasteiger partial charge in [-0.25, -0.2) is 18.2 Å². The molecule has 3 aliphatic rings. The van der Waals surface area contributed by atoms with Crippen molar-refractivity contribution in [1.29, 1.82) is 0 Å². The van der Waals surface area contributed by atoms with Crippen molar-refractivity contribution in [3.8, 4) is 10.6 Å². The number of amides is 5. The number of hydrogen-bond donors (Lipinski definition) is 4. The molecule has 0 bridgehead atoms. The molecule has 2 aromatic rings. The lowest BCUT2D eigenvalue weighted by molar-refractivity contribution is -0.141. The maximum atomic E-state index is 14.4. The number of nitrogens with one attached hydrogen (secondary N) is 4. The Hall–Kier alpha value is -3.76. The van der Waals surface area contributed by atoms with E-state index >= 15 is 0 Å². The number of unbranched alkanes of at least 4 members (excludes halogenated alkanes) is 2. The predicted octanol–water partition coefficient (Wildman–Crippen LogP) is 4.92. The number of benzene rings is 1. The molecule has 2 heterocycles. The van der Waals surface area contributed by atoms with Crippen molar-refractivity contribution in [1.82, 2.24) is 30.6 Å². The third-order valence-corrected chi connectivity index (χ3v) is 12.6. The average molecular weight is 807 g/mol. The number of nitrogens with zero attached hydrogens (tertiary/aromatic N) is 2. The van der Waals surface area contributed by atoms with Crippen molar-refractivity contribution in [2.24, 2.45) is 5.92 Å². The number of carbonyl (C=O) groups is 5. The highest BCUT2D eigenvalue weighted by molar-refractivity contribution is 7.91. The highest BCUT2D eigenvalue weighted by atomic mass is 35.5. The number of sulfonamides is 1. The second kappa shape index (κ2) is 16.9. The van der Waals surface area contributed by atoms with Gasteiger partial charge < -0.3 is 25.6 Å². The lowest BCUT2D eigenvalue weighted by atomic mass is 10.0. The van der Waals surface area contributed by atoms with E-state index in [1.54, 1.807) is 44.4 Å². The first-order chi connectivity index (χ1) is 25.4. The maximum absolute atomic E-state index is 14.4. The summed E-state index contributed by atoms with van der Waals surface area (Å²) < 4.78 is 32.7. The summed E-state index contributed by atoms with van der Waals surface area (Å²) in [5.74, 6) is -2.01. The van der Waals surface area contributed by atoms with Crippen LogP contribution >= 0.6 is 22.9 Å². The molecule has 1 aromatic carbocycles. The molecule has 1 aliphatic heterocycles. The Morgan fingerprint density at radius 3 is 2.37 bits per heavy atom. The molecule has 17 heteroatoms. The molecular weight excluding hydrogens is 756 g/mol. The van der Waals surface area contributed by atoms with Gasteiger partial charge in [0.05, 0.1) is 10.3 Å². The molecule has 296 valence electrons. The Morgan fingerprint density at radius 1 is 1.06 bits per heavy atom. The molecular formula is C37H51ClN6O8S2. The van der Waals surface area contributed by atoms with Gasteiger partial charge in [-0.15, -0.1) is 11.3 Å². The zero-order valence-electron chi connectivity index (χ0n) is 31.4. The van der Waals surface area contributed by atoms with Crippen LogP contribution in [0.15, 0.2) is 29.6 Å². The molecule has 3 atom stereocenters. The number of hydrogen-bond acceptors (Lipinski definition) is 10. The summed E-state index contributed by atoms with van der Waals surface area (Å²) in [4.78, 5) is 73.8. The van der Waals surface area contributed by atoms with Crippen LogP contribution in [0, 0.1) is 5.92 Å². The monoisotopic (exact) mass is 806 g/mol. The molecule has 0 unspecified atom stereocenters. The molecule has 2 saturated carbocycles. The van der Waals surface area contributed by atoms with E-state index in [1.165, 1.54) is 16.2 Å². The first-order valence-electron chi connectivity index (χ1n) is 18.6. The predicted molar refractivity (Wildman–Crippen MR) is 205 cm³/mol. The van der Waals surface area contributed by atoms with Crippen LogP contribution in [-0.4, -0.2) is 89.1 Å². The van der Waals surface area contributed by atoms with E-state index in [-0.39, 0.29) is 37.9 Å². The Labute approximate surface area is 325 Å². The third-order valence-electron chi connectivity index (χ3n) is 9.57. The van der Waals surface area contributed by atoms with Gasteiger partial charge >= 0.3 is 6.09 Å². The highest BCUT2D eigenvalue weighted by Gasteiger charge is 2.55. The minimum Gasteiger partial charge on any atom is -0.444 e. The fourth-order valence-corrected chi connectivity index (χ4v) is 8.85. The first-order valence-corrected chi connectivity index (χ1v) is 21.4. The van der Waals surface area contributed by atoms with E-state index in [4.69, 9.17) is 16.3 Å². The van der Waals surface area contributed by atoms with Crippen LogP contribution in [0.3, 0.4) is 0 Å². The van der Waals surface area contributed by atoms with Crippen molar-refractivity contribution in [3.63, 3.8) is 0 Å². The minimum atomic E-state index is -3.86. The van der Waals surface area contributed by atoms with Gasteiger partial charge in [0.25, 0.3) is 11.8 Å². The van der Waals surface area contributed by atoms with Crippen LogP contribution in [0.4, 0.5) is 4.79 Å². The zero-order chi connectivity index (χ0) is 39.4. The molecule has 4 N–H and O–H groups in total. The lowest BCUT2D eigenvalue weighted by Crippen LogP contribution is -2.57. The van der Waals surface area contributed by atoms with Crippen LogP contribution in [-0.2, 0) is 29.1 Å². The van der Waals surface area contributed by atoms with Gasteiger partial charge in [0.2, 0.25) is 21.8 Å². The van der Waals surface area contributed by atoms with E-state index in [9.17, 15) is 32.4 Å². The minimum absolute atomic E-state index is 0.00353. The van der Waals surface area contributed by atoms with Crippen molar-refractivity contribution >= 4 is 62.7 Å². The maximum Gasteiger partial charge on any atom is 0.408 e. The third kappa shape index (κ3) is 10.9. The van der Waals surface area contributed by atoms with Crippen LogP contribution in [0.5, 0.6) is 0 Å². The quantitative estimate of drug-likeness (QED) is 0.171. The van der Waals surface area contributed by atoms with Gasteiger partial charge in [-0.3, -0.25) is 23.9 Å². The molecule has 2 aliphatic carbocycles. The fraction of sp³-hybridized carbons (Fsp3) is 0.622. The molecule has 1 saturated heterocycles. The Morgan fingerprint density at radius 2 is 1.74 bits per heavy atom. The number of halogens is 1. The Balaban J connectivity index is 1.35. The van der Waals surface area contributed by atoms with Crippen LogP contribution in [0.1, 0.15) is 109 Å². The molecule has 0 radical (unpaired) electrons. The average Bonchev–Trinajstić information content (AvgIpc) is 3.99. The van der Waals surface area contributed by atoms with Crippen LogP contribution in [0.2, 0.25) is 5.02 Å². The second-order valence-corrected chi connectivity index (χ2v) is 19.1. The first kappa shape index (κ1) is 41.4. The van der Waals surface area contributed by atoms with E-state index in [0.29, 0.717) is 40.8 Å². The normalized spacial score (nSPS) is 19.9. The van der Waals surface area contributed by atoms with Gasteiger partial charge in [0.1, 0.15) is 33.9 Å². The number of aromatic nitrogens is 1. The molecule has 1 aromatic heterocycles. The number of carbonyl (C=O) groups excluding carboxylic acids is 5. The van der Waals surface area contributed by atoms with Gasteiger partial charge in [0, 0.05) is 23.5 Å². The van der Waals surface area contributed by atoms with Gasteiger partial charge in [-0.2, -0.15) is 0 Å². The molecule has 54 heavy (non-hydrogen) atoms. The number of rotatable bonds is 16. The summed E-state index contributed by atoms with van der Waals surface area (Å²) >= 11 is 7.59. The van der Waals surface area contributed by atoms with E-state index in [0.717, 1.165) is 19.3 Å². The number of alkyl carbamates (subject to hydrolysis) is 1. The van der Waals surface area contributed by atoms with Crippen molar-refractivity contribution in [2.75, 3.05) is 6.54 Å². The SMILES string of the molecule is CC(C)CCCCC[C@H](NC(=O)OC(C)(C)C)C(=O)N1C[C@H](NC(=O)c2csc(-c3ccccc3Cl)n2)C[C@H]1C(=O)NC1(C(=O)NS(=O)(=O)C2CC2)CC1. The smallest absolute Gasteiger partial charge is 0.408 e. The van der Waals surface area contributed by atoms with E-state index in [2.05, 4.69) is 39.5 Å². The van der Waals surface area contributed by atoms with Crippen molar-refractivity contribution < 1.29 is 37.1 Å². The van der Waals surface area contributed by atoms with Crippen molar-refractivity contribution in [2.45, 2.75) is 133 Å². The number of thiazole rings is 1. The summed E-state index contributed by atoms with van der Waals surface area (Å²) in [6.45, 7) is 9.34. The second-order valence-electron chi connectivity index (χ2n) is 15.9. The highest BCUT2D eigenvalue weighted by Crippen LogP contribution is 2.38. The molecule has 5 amide bonds. The molecule has 0 spiro atoms. The summed E-state index contributed by atoms with van der Waals surface area (Å²) in [7, 11) is -3.86. The molecule has 5 rings (SSSR count). The summed E-state index contributed by atoms with van der Waals surface area (Å²) in [6.07, 6.45) is 4.30. The lowest BCUT2D eigenvalue weighted by Gasteiger charge is -2.30. The Kier molecular flexibility index (Phi) is 13.0. The van der Waals surface area contributed by atoms with E-state index in [1.807, 2.05) is 6.07 Å². The molecule has 3 fully saturated rings. The van der Waals surface area contributed by atoms with Gasteiger partial charge in [0.15, 0.2) is 0 Å². The van der Waals surface area contributed by atoms with Crippen LogP contribution in [0.25, 0.3) is 10.6 Å².